The molecule has 0 spiro atoms. The smallest absolute Gasteiger partial charge is 0.251 e. The first kappa shape index (κ1) is 8.41. The van der Waals surface area contributed by atoms with Crippen molar-refractivity contribution in [3.05, 3.63) is 24.0 Å². The number of hydrogen-bond donors (Lipinski definition) is 1. The lowest BCUT2D eigenvalue weighted by molar-refractivity contribution is -0.00605. The van der Waals surface area contributed by atoms with Crippen molar-refractivity contribution < 1.29 is 8.78 Å². The van der Waals surface area contributed by atoms with Gasteiger partial charge in [-0.1, -0.05) is 6.08 Å². The molecule has 1 aromatic heterocycles. The molecular formula is C9H10F2N2. The van der Waals surface area contributed by atoms with Gasteiger partial charge in [0.05, 0.1) is 5.69 Å². The first-order chi connectivity index (χ1) is 6.17. The second-order valence-electron chi connectivity index (χ2n) is 3.26. The first-order valence-electron chi connectivity index (χ1n) is 4.24. The summed E-state index contributed by atoms with van der Waals surface area (Å²) in [5.41, 5.74) is 1.80. The molecule has 0 aromatic carbocycles. The number of alkyl halides is 2. The van der Waals surface area contributed by atoms with Crippen LogP contribution in [0.1, 0.15) is 25.0 Å². The molecule has 0 saturated heterocycles. The molecule has 70 valence electrons. The summed E-state index contributed by atoms with van der Waals surface area (Å²) in [7, 11) is 0. The highest BCUT2D eigenvalue weighted by Crippen LogP contribution is 2.35. The molecule has 1 aliphatic rings. The Morgan fingerprint density at radius 1 is 1.46 bits per heavy atom. The summed E-state index contributed by atoms with van der Waals surface area (Å²) in [5.74, 6) is -2.51. The zero-order chi connectivity index (χ0) is 9.31. The van der Waals surface area contributed by atoms with E-state index in [9.17, 15) is 8.78 Å². The van der Waals surface area contributed by atoms with E-state index in [1.807, 2.05) is 0 Å². The van der Waals surface area contributed by atoms with Gasteiger partial charge in [0.2, 0.25) is 0 Å². The van der Waals surface area contributed by atoms with Crippen LogP contribution < -0.4 is 0 Å². The van der Waals surface area contributed by atoms with Gasteiger partial charge in [0.15, 0.2) is 0 Å². The standard InChI is InChI=1S/C9H10F2N2/c10-9(11)4-1-7(2-5-9)8-3-6-12-13-8/h1,3,6H,2,4-5H2,(H,12,13). The molecule has 1 heterocycles. The topological polar surface area (TPSA) is 28.7 Å². The lowest BCUT2D eigenvalue weighted by Crippen LogP contribution is -2.18. The first-order valence-corrected chi connectivity index (χ1v) is 4.24. The number of nitrogens with zero attached hydrogens (tertiary/aromatic N) is 1. The van der Waals surface area contributed by atoms with Crippen LogP contribution in [0, 0.1) is 0 Å². The maximum absolute atomic E-state index is 12.7. The van der Waals surface area contributed by atoms with Crippen LogP contribution in [0.2, 0.25) is 0 Å². The van der Waals surface area contributed by atoms with Crippen molar-refractivity contribution in [3.8, 4) is 0 Å². The van der Waals surface area contributed by atoms with Crippen molar-refractivity contribution in [1.82, 2.24) is 10.2 Å². The SMILES string of the molecule is FC1(F)CC=C(c2ccn[nH]2)CC1. The highest BCUT2D eigenvalue weighted by Gasteiger charge is 2.31. The van der Waals surface area contributed by atoms with Gasteiger partial charge in [-0.2, -0.15) is 5.10 Å². The number of H-pyrrole nitrogens is 1. The third-order valence-electron chi connectivity index (χ3n) is 2.25. The monoisotopic (exact) mass is 184 g/mol. The van der Waals surface area contributed by atoms with Crippen LogP contribution in [-0.2, 0) is 0 Å². The third kappa shape index (κ3) is 1.76. The molecule has 0 radical (unpaired) electrons. The number of hydrogen-bond acceptors (Lipinski definition) is 1. The fraction of sp³-hybridized carbons (Fsp3) is 0.444. The summed E-state index contributed by atoms with van der Waals surface area (Å²) < 4.78 is 25.5. The van der Waals surface area contributed by atoms with Gasteiger partial charge >= 0.3 is 0 Å². The lowest BCUT2D eigenvalue weighted by Gasteiger charge is -2.20. The molecule has 4 heteroatoms. The average molecular weight is 184 g/mol. The van der Waals surface area contributed by atoms with Crippen LogP contribution in [0.25, 0.3) is 5.57 Å². The van der Waals surface area contributed by atoms with Gasteiger partial charge < -0.3 is 0 Å². The van der Waals surface area contributed by atoms with E-state index < -0.39 is 5.92 Å². The molecule has 0 fully saturated rings. The number of allylic oxidation sites excluding steroid dienone is 2. The van der Waals surface area contributed by atoms with E-state index in [2.05, 4.69) is 10.2 Å². The van der Waals surface area contributed by atoms with Crippen molar-refractivity contribution in [3.63, 3.8) is 0 Å². The van der Waals surface area contributed by atoms with Gasteiger partial charge in [0.1, 0.15) is 0 Å². The Morgan fingerprint density at radius 3 is 2.85 bits per heavy atom. The molecule has 2 rings (SSSR count). The molecule has 1 aromatic rings. The summed E-state index contributed by atoms with van der Waals surface area (Å²) >= 11 is 0. The van der Waals surface area contributed by atoms with E-state index in [0.717, 1.165) is 11.3 Å². The number of halogens is 2. The van der Waals surface area contributed by atoms with Crippen LogP contribution in [-0.4, -0.2) is 16.1 Å². The van der Waals surface area contributed by atoms with Crippen molar-refractivity contribution in [2.45, 2.75) is 25.2 Å². The van der Waals surface area contributed by atoms with Crippen molar-refractivity contribution >= 4 is 5.57 Å². The fourth-order valence-corrected chi connectivity index (χ4v) is 1.47. The minimum Gasteiger partial charge on any atom is -0.278 e. The Hall–Kier alpha value is -1.19. The van der Waals surface area contributed by atoms with Gasteiger partial charge in [0, 0.05) is 19.0 Å². The molecule has 0 aliphatic heterocycles. The van der Waals surface area contributed by atoms with Gasteiger partial charge in [-0.3, -0.25) is 5.10 Å². The summed E-state index contributed by atoms with van der Waals surface area (Å²) in [6.07, 6.45) is 3.44. The molecule has 0 atom stereocenters. The Morgan fingerprint density at radius 2 is 2.31 bits per heavy atom. The Labute approximate surface area is 74.7 Å². The second kappa shape index (κ2) is 2.94. The molecular weight excluding hydrogens is 174 g/mol. The minimum atomic E-state index is -2.51. The van der Waals surface area contributed by atoms with Crippen LogP contribution in [0.4, 0.5) is 8.78 Å². The van der Waals surface area contributed by atoms with Gasteiger partial charge in [0.25, 0.3) is 5.92 Å². The molecule has 0 unspecified atom stereocenters. The van der Waals surface area contributed by atoms with Gasteiger partial charge in [-0.15, -0.1) is 0 Å². The third-order valence-corrected chi connectivity index (χ3v) is 2.25. The van der Waals surface area contributed by atoms with E-state index >= 15 is 0 Å². The van der Waals surface area contributed by atoms with E-state index in [1.54, 1.807) is 18.3 Å². The predicted octanol–water partition coefficient (Wildman–Crippen LogP) is 2.61. The Kier molecular flexibility index (Phi) is 1.90. The zero-order valence-corrected chi connectivity index (χ0v) is 7.06. The van der Waals surface area contributed by atoms with Crippen LogP contribution in [0.5, 0.6) is 0 Å². The lowest BCUT2D eigenvalue weighted by atomic mass is 9.94. The van der Waals surface area contributed by atoms with Crippen molar-refractivity contribution in [2.24, 2.45) is 0 Å². The van der Waals surface area contributed by atoms with Crippen LogP contribution in [0.3, 0.4) is 0 Å². The Balaban J connectivity index is 2.16. The molecule has 1 N–H and O–H groups in total. The normalized spacial score (nSPS) is 21.2. The summed E-state index contributed by atoms with van der Waals surface area (Å²) in [4.78, 5) is 0. The van der Waals surface area contributed by atoms with Crippen molar-refractivity contribution in [2.75, 3.05) is 0 Å². The van der Waals surface area contributed by atoms with Crippen molar-refractivity contribution in [1.29, 1.82) is 0 Å². The fourth-order valence-electron chi connectivity index (χ4n) is 1.47. The van der Waals surface area contributed by atoms with Crippen LogP contribution in [0.15, 0.2) is 18.3 Å². The molecule has 1 aliphatic carbocycles. The predicted molar refractivity (Wildman–Crippen MR) is 45.4 cm³/mol. The number of aromatic amines is 1. The van der Waals surface area contributed by atoms with Gasteiger partial charge in [-0.05, 0) is 18.1 Å². The molecule has 0 amide bonds. The molecule has 0 bridgehead atoms. The number of nitrogens with one attached hydrogen (secondary N) is 1. The minimum absolute atomic E-state index is 0.0577. The van der Waals surface area contributed by atoms with E-state index in [1.165, 1.54) is 0 Å². The zero-order valence-electron chi connectivity index (χ0n) is 7.06. The maximum Gasteiger partial charge on any atom is 0.251 e. The number of rotatable bonds is 1. The maximum atomic E-state index is 12.7. The summed E-state index contributed by atoms with van der Waals surface area (Å²) in [6.45, 7) is 0. The van der Waals surface area contributed by atoms with Crippen LogP contribution >= 0.6 is 0 Å². The quantitative estimate of drug-likeness (QED) is 0.714. The average Bonchev–Trinajstić information content (AvgIpc) is 2.56. The number of aromatic nitrogens is 2. The van der Waals surface area contributed by atoms with E-state index in [4.69, 9.17) is 0 Å². The summed E-state index contributed by atoms with van der Waals surface area (Å²) in [6, 6.07) is 1.80. The van der Waals surface area contributed by atoms with Gasteiger partial charge in [-0.25, -0.2) is 8.78 Å². The van der Waals surface area contributed by atoms with E-state index in [0.29, 0.717) is 6.42 Å². The summed E-state index contributed by atoms with van der Waals surface area (Å²) in [5, 5.41) is 6.55. The molecule has 0 saturated carbocycles. The molecule has 13 heavy (non-hydrogen) atoms. The second-order valence-corrected chi connectivity index (χ2v) is 3.26. The Bertz CT molecular complexity index is 314. The van der Waals surface area contributed by atoms with E-state index in [-0.39, 0.29) is 12.8 Å². The largest absolute Gasteiger partial charge is 0.278 e. The highest BCUT2D eigenvalue weighted by molar-refractivity contribution is 5.63. The molecule has 2 nitrogen and oxygen atoms in total. The highest BCUT2D eigenvalue weighted by atomic mass is 19.3.